The molecular weight excluding hydrogens is 160 g/mol. The lowest BCUT2D eigenvalue weighted by molar-refractivity contribution is -0.120. The lowest BCUT2D eigenvalue weighted by Gasteiger charge is -1.98. The molecule has 0 spiro atoms. The van der Waals surface area contributed by atoms with Crippen molar-refractivity contribution >= 4 is 5.78 Å². The smallest absolute Gasteiger partial charge is 0.136 e. The Hall–Kier alpha value is -0.330. The predicted molar refractivity (Wildman–Crippen MR) is 53.5 cm³/mol. The maximum absolute atomic E-state index is 11.6. The Balaban J connectivity index is 1.81. The molecule has 0 amide bonds. The van der Waals surface area contributed by atoms with Gasteiger partial charge in [-0.3, -0.25) is 4.79 Å². The number of hydrogen-bond acceptors (Lipinski definition) is 1. The number of carbonyl (C=O) groups excluding carboxylic acids is 1. The van der Waals surface area contributed by atoms with Gasteiger partial charge in [-0.2, -0.15) is 0 Å². The highest BCUT2D eigenvalue weighted by atomic mass is 16.1. The summed E-state index contributed by atoms with van der Waals surface area (Å²) >= 11 is 0. The van der Waals surface area contributed by atoms with Crippen LogP contribution in [0.5, 0.6) is 0 Å². The molecule has 2 aliphatic carbocycles. The van der Waals surface area contributed by atoms with Gasteiger partial charge in [0.2, 0.25) is 0 Å². The number of Topliss-reactive ketones (excluding diaryl/α,β-unsaturated/α-hetero) is 1. The summed E-state index contributed by atoms with van der Waals surface area (Å²) < 4.78 is 0. The highest BCUT2D eigenvalue weighted by molar-refractivity contribution is 5.83. The molecule has 74 valence electrons. The zero-order chi connectivity index (χ0) is 9.10. The second kappa shape index (κ2) is 4.26. The van der Waals surface area contributed by atoms with Crippen LogP contribution in [0, 0.1) is 11.8 Å². The van der Waals surface area contributed by atoms with Crippen LogP contribution in [-0.4, -0.2) is 5.78 Å². The van der Waals surface area contributed by atoms with Gasteiger partial charge < -0.3 is 0 Å². The molecule has 0 radical (unpaired) electrons. The minimum atomic E-state index is 0.498. The van der Waals surface area contributed by atoms with Crippen molar-refractivity contribution in [2.75, 3.05) is 0 Å². The Morgan fingerprint density at radius 2 is 1.62 bits per heavy atom. The molecule has 2 saturated carbocycles. The van der Waals surface area contributed by atoms with Crippen LogP contribution in [0.1, 0.15) is 57.8 Å². The fourth-order valence-corrected chi connectivity index (χ4v) is 2.56. The minimum absolute atomic E-state index is 0.498. The van der Waals surface area contributed by atoms with Crippen LogP contribution >= 0.6 is 0 Å². The topological polar surface area (TPSA) is 17.1 Å². The summed E-state index contributed by atoms with van der Waals surface area (Å²) in [6.45, 7) is 0. The van der Waals surface area contributed by atoms with E-state index in [0.717, 1.165) is 18.8 Å². The molecule has 2 aliphatic rings. The van der Waals surface area contributed by atoms with Gasteiger partial charge in [-0.05, 0) is 25.2 Å². The molecule has 2 fully saturated rings. The summed E-state index contributed by atoms with van der Waals surface area (Å²) in [6.07, 6.45) is 11.4. The monoisotopic (exact) mass is 180 g/mol. The Bertz CT molecular complexity index is 186. The second-order valence-electron chi connectivity index (χ2n) is 4.73. The lowest BCUT2D eigenvalue weighted by Crippen LogP contribution is -2.01. The number of carbonyl (C=O) groups is 1. The third-order valence-corrected chi connectivity index (χ3v) is 3.58. The van der Waals surface area contributed by atoms with Crippen LogP contribution < -0.4 is 0 Å². The molecule has 2 rings (SSSR count). The van der Waals surface area contributed by atoms with Gasteiger partial charge in [0.25, 0.3) is 0 Å². The summed E-state index contributed by atoms with van der Waals surface area (Å²) in [4.78, 5) is 11.6. The molecule has 2 atom stereocenters. The largest absolute Gasteiger partial charge is 0.299 e. The molecule has 0 saturated heterocycles. The van der Waals surface area contributed by atoms with E-state index < -0.39 is 0 Å². The lowest BCUT2D eigenvalue weighted by atomic mass is 10.1. The van der Waals surface area contributed by atoms with Crippen molar-refractivity contribution in [3.8, 4) is 0 Å². The number of fused-ring (bicyclic) bond motifs is 1. The second-order valence-corrected chi connectivity index (χ2v) is 4.73. The maximum atomic E-state index is 11.6. The van der Waals surface area contributed by atoms with Crippen molar-refractivity contribution in [1.82, 2.24) is 0 Å². The van der Waals surface area contributed by atoms with Crippen LogP contribution in [0.4, 0.5) is 0 Å². The van der Waals surface area contributed by atoms with Gasteiger partial charge in [0.15, 0.2) is 0 Å². The zero-order valence-corrected chi connectivity index (χ0v) is 8.43. The highest BCUT2D eigenvalue weighted by Crippen LogP contribution is 2.44. The Morgan fingerprint density at radius 3 is 2.46 bits per heavy atom. The van der Waals surface area contributed by atoms with Crippen molar-refractivity contribution in [3.05, 3.63) is 0 Å². The predicted octanol–water partition coefficient (Wildman–Crippen LogP) is 3.33. The number of hydrogen-bond donors (Lipinski definition) is 0. The summed E-state index contributed by atoms with van der Waals surface area (Å²) in [5.74, 6) is 1.87. The molecule has 0 aromatic heterocycles. The normalized spacial score (nSPS) is 36.2. The zero-order valence-electron chi connectivity index (χ0n) is 8.43. The molecular formula is C12H20O. The number of ketones is 1. The molecule has 0 N–H and O–H groups in total. The third-order valence-electron chi connectivity index (χ3n) is 3.58. The average molecular weight is 180 g/mol. The van der Waals surface area contributed by atoms with Gasteiger partial charge in [-0.25, -0.2) is 0 Å². The van der Waals surface area contributed by atoms with Crippen molar-refractivity contribution < 1.29 is 4.79 Å². The fraction of sp³-hybridized carbons (Fsp3) is 0.917. The van der Waals surface area contributed by atoms with Crippen molar-refractivity contribution in [1.29, 1.82) is 0 Å². The summed E-state index contributed by atoms with van der Waals surface area (Å²) in [5.41, 5.74) is 0. The average Bonchev–Trinajstić information content (AvgIpc) is 2.87. The SMILES string of the molecule is O=C1CCCCCCCC[C@H]2C[C@H]12. The van der Waals surface area contributed by atoms with Gasteiger partial charge in [-0.1, -0.05) is 32.1 Å². The van der Waals surface area contributed by atoms with E-state index >= 15 is 0 Å². The summed E-state index contributed by atoms with van der Waals surface area (Å²) in [6, 6.07) is 0. The molecule has 0 bridgehead atoms. The van der Waals surface area contributed by atoms with Crippen LogP contribution in [0.3, 0.4) is 0 Å². The molecule has 1 nitrogen and oxygen atoms in total. The van der Waals surface area contributed by atoms with Crippen molar-refractivity contribution in [2.24, 2.45) is 11.8 Å². The first-order valence-corrected chi connectivity index (χ1v) is 5.90. The fourth-order valence-electron chi connectivity index (χ4n) is 2.56. The Morgan fingerprint density at radius 1 is 0.923 bits per heavy atom. The molecule has 0 aromatic carbocycles. The number of rotatable bonds is 0. The van der Waals surface area contributed by atoms with Crippen molar-refractivity contribution in [3.63, 3.8) is 0 Å². The van der Waals surface area contributed by atoms with Gasteiger partial charge in [0, 0.05) is 12.3 Å². The Kier molecular flexibility index (Phi) is 3.02. The molecule has 0 aliphatic heterocycles. The van der Waals surface area contributed by atoms with E-state index in [1.54, 1.807) is 0 Å². The Labute approximate surface area is 80.9 Å². The van der Waals surface area contributed by atoms with E-state index in [-0.39, 0.29) is 0 Å². The maximum Gasteiger partial charge on any atom is 0.136 e. The molecule has 13 heavy (non-hydrogen) atoms. The summed E-state index contributed by atoms with van der Waals surface area (Å²) in [7, 11) is 0. The first kappa shape index (κ1) is 9.23. The van der Waals surface area contributed by atoms with Gasteiger partial charge in [0.1, 0.15) is 5.78 Å². The van der Waals surface area contributed by atoms with E-state index in [1.165, 1.54) is 44.9 Å². The first-order valence-electron chi connectivity index (χ1n) is 5.90. The third kappa shape index (κ3) is 2.55. The minimum Gasteiger partial charge on any atom is -0.299 e. The van der Waals surface area contributed by atoms with E-state index in [0.29, 0.717) is 11.7 Å². The van der Waals surface area contributed by atoms with E-state index in [4.69, 9.17) is 0 Å². The van der Waals surface area contributed by atoms with Crippen LogP contribution in [0.25, 0.3) is 0 Å². The van der Waals surface area contributed by atoms with Crippen LogP contribution in [-0.2, 0) is 4.79 Å². The molecule has 0 unspecified atom stereocenters. The molecule has 1 heteroatoms. The first-order chi connectivity index (χ1) is 6.38. The van der Waals surface area contributed by atoms with Crippen molar-refractivity contribution in [2.45, 2.75) is 57.8 Å². The highest BCUT2D eigenvalue weighted by Gasteiger charge is 2.41. The standard InChI is InChI=1S/C12H20O/c13-12-8-6-4-2-1-3-5-7-10-9-11(10)12/h10-11H,1-9H2/t10-,11-/m0/s1. The van der Waals surface area contributed by atoms with E-state index in [1.807, 2.05) is 0 Å². The van der Waals surface area contributed by atoms with E-state index in [9.17, 15) is 4.79 Å². The van der Waals surface area contributed by atoms with E-state index in [2.05, 4.69) is 0 Å². The van der Waals surface area contributed by atoms with Crippen LogP contribution in [0.15, 0.2) is 0 Å². The van der Waals surface area contributed by atoms with Gasteiger partial charge in [-0.15, -0.1) is 0 Å². The summed E-state index contributed by atoms with van der Waals surface area (Å²) in [5, 5.41) is 0. The van der Waals surface area contributed by atoms with Gasteiger partial charge >= 0.3 is 0 Å². The van der Waals surface area contributed by atoms with Crippen LogP contribution in [0.2, 0.25) is 0 Å². The molecule has 0 heterocycles. The quantitative estimate of drug-likeness (QED) is 0.559. The van der Waals surface area contributed by atoms with Gasteiger partial charge in [0.05, 0.1) is 0 Å². The molecule has 0 aromatic rings.